The zero-order chi connectivity index (χ0) is 10.5. The Morgan fingerprint density at radius 1 is 1.62 bits per heavy atom. The summed E-state index contributed by atoms with van der Waals surface area (Å²) in [6.45, 7) is 6.85. The molecular formula is C11H20ClN3S. The number of hydrogen-bond donors (Lipinski definition) is 1. The van der Waals surface area contributed by atoms with E-state index < -0.39 is 0 Å². The van der Waals surface area contributed by atoms with Crippen LogP contribution in [0, 0.1) is 0 Å². The van der Waals surface area contributed by atoms with Gasteiger partial charge in [0.25, 0.3) is 0 Å². The van der Waals surface area contributed by atoms with Gasteiger partial charge in [0.15, 0.2) is 0 Å². The minimum absolute atomic E-state index is 0. The van der Waals surface area contributed by atoms with Gasteiger partial charge >= 0.3 is 0 Å². The highest BCUT2D eigenvalue weighted by Gasteiger charge is 2.21. The van der Waals surface area contributed by atoms with Gasteiger partial charge in [0, 0.05) is 30.2 Å². The van der Waals surface area contributed by atoms with Gasteiger partial charge in [-0.3, -0.25) is 9.88 Å². The molecule has 1 aliphatic heterocycles. The molecule has 2 heterocycles. The van der Waals surface area contributed by atoms with Crippen molar-refractivity contribution in [2.45, 2.75) is 32.4 Å². The summed E-state index contributed by atoms with van der Waals surface area (Å²) >= 11 is 1.76. The molecule has 0 aromatic carbocycles. The van der Waals surface area contributed by atoms with E-state index in [-0.39, 0.29) is 12.4 Å². The smallest absolute Gasteiger partial charge is 0.0794 e. The van der Waals surface area contributed by atoms with E-state index in [1.54, 1.807) is 11.3 Å². The fourth-order valence-corrected chi connectivity index (χ4v) is 2.77. The Balaban J connectivity index is 0.00000128. The second kappa shape index (κ2) is 7.22. The topological polar surface area (TPSA) is 28.2 Å². The SMILES string of the molecule is CCCN(Cc1cncs1)C1CCNC1.Cl. The molecule has 0 bridgehead atoms. The van der Waals surface area contributed by atoms with E-state index in [1.165, 1.54) is 30.8 Å². The Labute approximate surface area is 108 Å². The Morgan fingerprint density at radius 2 is 2.50 bits per heavy atom. The molecule has 2 rings (SSSR count). The molecule has 1 atom stereocenters. The summed E-state index contributed by atoms with van der Waals surface area (Å²) in [5.41, 5.74) is 1.92. The lowest BCUT2D eigenvalue weighted by Gasteiger charge is -2.27. The summed E-state index contributed by atoms with van der Waals surface area (Å²) in [6.07, 6.45) is 4.52. The molecule has 3 nitrogen and oxygen atoms in total. The highest BCUT2D eigenvalue weighted by molar-refractivity contribution is 7.09. The normalized spacial score (nSPS) is 20.0. The third kappa shape index (κ3) is 3.70. The monoisotopic (exact) mass is 261 g/mol. The van der Waals surface area contributed by atoms with Crippen LogP contribution >= 0.6 is 23.7 Å². The lowest BCUT2D eigenvalue weighted by molar-refractivity contribution is 0.201. The highest BCUT2D eigenvalue weighted by atomic mass is 35.5. The first-order valence-corrected chi connectivity index (χ1v) is 6.60. The molecule has 5 heteroatoms. The number of halogens is 1. The number of rotatable bonds is 5. The maximum atomic E-state index is 4.14. The van der Waals surface area contributed by atoms with Crippen molar-refractivity contribution >= 4 is 23.7 Å². The van der Waals surface area contributed by atoms with Crippen LogP contribution in [0.4, 0.5) is 0 Å². The average Bonchev–Trinajstić information content (AvgIpc) is 2.89. The number of nitrogens with zero attached hydrogens (tertiary/aromatic N) is 2. The number of hydrogen-bond acceptors (Lipinski definition) is 4. The van der Waals surface area contributed by atoms with Crippen molar-refractivity contribution in [2.24, 2.45) is 0 Å². The van der Waals surface area contributed by atoms with Crippen LogP contribution in [0.1, 0.15) is 24.6 Å². The molecule has 1 N–H and O–H groups in total. The summed E-state index contributed by atoms with van der Waals surface area (Å²) in [5, 5.41) is 3.44. The summed E-state index contributed by atoms with van der Waals surface area (Å²) in [6, 6.07) is 0.729. The maximum absolute atomic E-state index is 4.14. The minimum Gasteiger partial charge on any atom is -0.315 e. The highest BCUT2D eigenvalue weighted by Crippen LogP contribution is 2.15. The molecule has 0 saturated carbocycles. The lowest BCUT2D eigenvalue weighted by Crippen LogP contribution is -2.36. The predicted molar refractivity (Wildman–Crippen MR) is 71.3 cm³/mol. The van der Waals surface area contributed by atoms with Gasteiger partial charge in [-0.05, 0) is 25.9 Å². The van der Waals surface area contributed by atoms with Gasteiger partial charge in [-0.1, -0.05) is 6.92 Å². The Morgan fingerprint density at radius 3 is 3.06 bits per heavy atom. The summed E-state index contributed by atoms with van der Waals surface area (Å²) < 4.78 is 0. The molecule has 1 aromatic rings. The fourth-order valence-electron chi connectivity index (χ4n) is 2.15. The Hall–Kier alpha value is -0.160. The zero-order valence-electron chi connectivity index (χ0n) is 9.69. The first-order valence-electron chi connectivity index (χ1n) is 5.72. The average molecular weight is 262 g/mol. The van der Waals surface area contributed by atoms with Gasteiger partial charge in [-0.25, -0.2) is 0 Å². The van der Waals surface area contributed by atoms with Crippen LogP contribution in [0.5, 0.6) is 0 Å². The third-order valence-corrected chi connectivity index (χ3v) is 3.67. The van der Waals surface area contributed by atoms with Crippen molar-refractivity contribution in [3.8, 4) is 0 Å². The molecule has 16 heavy (non-hydrogen) atoms. The van der Waals surface area contributed by atoms with Crippen LogP contribution in [0.2, 0.25) is 0 Å². The number of aromatic nitrogens is 1. The van der Waals surface area contributed by atoms with Crippen molar-refractivity contribution in [2.75, 3.05) is 19.6 Å². The van der Waals surface area contributed by atoms with Crippen molar-refractivity contribution < 1.29 is 0 Å². The Kier molecular flexibility index (Phi) is 6.28. The molecule has 1 aliphatic rings. The van der Waals surface area contributed by atoms with Crippen LogP contribution in [-0.4, -0.2) is 35.6 Å². The van der Waals surface area contributed by atoms with Crippen molar-refractivity contribution in [3.05, 3.63) is 16.6 Å². The molecule has 1 fully saturated rings. The van der Waals surface area contributed by atoms with Crippen molar-refractivity contribution in [1.82, 2.24) is 15.2 Å². The molecule has 1 unspecified atom stereocenters. The van der Waals surface area contributed by atoms with Crippen LogP contribution in [-0.2, 0) is 6.54 Å². The molecule has 0 aliphatic carbocycles. The van der Waals surface area contributed by atoms with E-state index in [1.807, 2.05) is 11.7 Å². The molecular weight excluding hydrogens is 242 g/mol. The van der Waals surface area contributed by atoms with Gasteiger partial charge in [0.05, 0.1) is 5.51 Å². The van der Waals surface area contributed by atoms with E-state index in [0.717, 1.165) is 19.1 Å². The quantitative estimate of drug-likeness (QED) is 0.880. The molecule has 0 radical (unpaired) electrons. The molecule has 0 spiro atoms. The second-order valence-corrected chi connectivity index (χ2v) is 5.06. The van der Waals surface area contributed by atoms with E-state index in [2.05, 4.69) is 22.1 Å². The van der Waals surface area contributed by atoms with Gasteiger partial charge in [-0.15, -0.1) is 23.7 Å². The standard InChI is InChI=1S/C11H19N3S.ClH/c1-2-5-14(10-3-4-12-6-10)8-11-7-13-9-15-11;/h7,9-10,12H,2-6,8H2,1H3;1H. The predicted octanol–water partition coefficient (Wildman–Crippen LogP) is 2.14. The lowest BCUT2D eigenvalue weighted by atomic mass is 10.2. The molecule has 1 aromatic heterocycles. The summed E-state index contributed by atoms with van der Waals surface area (Å²) in [7, 11) is 0. The van der Waals surface area contributed by atoms with Crippen molar-refractivity contribution in [1.29, 1.82) is 0 Å². The van der Waals surface area contributed by atoms with Gasteiger partial charge < -0.3 is 5.32 Å². The molecule has 0 amide bonds. The van der Waals surface area contributed by atoms with E-state index in [4.69, 9.17) is 0 Å². The van der Waals surface area contributed by atoms with Gasteiger partial charge in [0.2, 0.25) is 0 Å². The van der Waals surface area contributed by atoms with Gasteiger partial charge in [-0.2, -0.15) is 0 Å². The molecule has 1 saturated heterocycles. The molecule has 92 valence electrons. The zero-order valence-corrected chi connectivity index (χ0v) is 11.3. The third-order valence-electron chi connectivity index (χ3n) is 2.90. The fraction of sp³-hybridized carbons (Fsp3) is 0.727. The van der Waals surface area contributed by atoms with Crippen LogP contribution in [0.25, 0.3) is 0 Å². The minimum atomic E-state index is 0. The first-order chi connectivity index (χ1) is 7.40. The maximum Gasteiger partial charge on any atom is 0.0794 e. The summed E-state index contributed by atoms with van der Waals surface area (Å²) in [4.78, 5) is 8.11. The van der Waals surface area contributed by atoms with E-state index in [9.17, 15) is 0 Å². The van der Waals surface area contributed by atoms with Crippen LogP contribution < -0.4 is 5.32 Å². The number of nitrogens with one attached hydrogen (secondary N) is 1. The second-order valence-electron chi connectivity index (χ2n) is 4.08. The largest absolute Gasteiger partial charge is 0.315 e. The summed E-state index contributed by atoms with van der Waals surface area (Å²) in [5.74, 6) is 0. The van der Waals surface area contributed by atoms with E-state index in [0.29, 0.717) is 0 Å². The first kappa shape index (κ1) is 13.9. The van der Waals surface area contributed by atoms with Crippen LogP contribution in [0.15, 0.2) is 11.7 Å². The van der Waals surface area contributed by atoms with Gasteiger partial charge in [0.1, 0.15) is 0 Å². The van der Waals surface area contributed by atoms with Crippen LogP contribution in [0.3, 0.4) is 0 Å². The van der Waals surface area contributed by atoms with Crippen molar-refractivity contribution in [3.63, 3.8) is 0 Å². The number of thiazole rings is 1. The Bertz CT molecular complexity index is 273. The van der Waals surface area contributed by atoms with E-state index >= 15 is 0 Å².